The SMILES string of the molecule is CC(C)C(CN(C)C)NC(=O)COc1cccc(N)c1. The van der Waals surface area contributed by atoms with Crippen molar-refractivity contribution in [3.8, 4) is 5.75 Å². The van der Waals surface area contributed by atoms with Crippen molar-refractivity contribution >= 4 is 11.6 Å². The first-order valence-corrected chi connectivity index (χ1v) is 6.81. The summed E-state index contributed by atoms with van der Waals surface area (Å²) < 4.78 is 5.43. The fraction of sp³-hybridized carbons (Fsp3) is 0.533. The fourth-order valence-electron chi connectivity index (χ4n) is 1.82. The highest BCUT2D eigenvalue weighted by Crippen LogP contribution is 2.14. The van der Waals surface area contributed by atoms with Crippen LogP contribution in [0.15, 0.2) is 24.3 Å². The molecule has 5 heteroatoms. The summed E-state index contributed by atoms with van der Waals surface area (Å²) in [7, 11) is 3.98. The number of nitrogens with one attached hydrogen (secondary N) is 1. The van der Waals surface area contributed by atoms with Crippen LogP contribution in [0.5, 0.6) is 5.75 Å². The van der Waals surface area contributed by atoms with Gasteiger partial charge >= 0.3 is 0 Å². The van der Waals surface area contributed by atoms with E-state index >= 15 is 0 Å². The maximum absolute atomic E-state index is 11.9. The van der Waals surface area contributed by atoms with Crippen LogP contribution in [-0.4, -0.2) is 44.1 Å². The summed E-state index contributed by atoms with van der Waals surface area (Å²) in [5.74, 6) is 0.857. The van der Waals surface area contributed by atoms with Gasteiger partial charge in [-0.1, -0.05) is 19.9 Å². The highest BCUT2D eigenvalue weighted by atomic mass is 16.5. The number of carbonyl (C=O) groups is 1. The number of nitrogens with zero attached hydrogens (tertiary/aromatic N) is 1. The lowest BCUT2D eigenvalue weighted by Gasteiger charge is -2.25. The zero-order valence-corrected chi connectivity index (χ0v) is 12.7. The van der Waals surface area contributed by atoms with Gasteiger partial charge in [-0.25, -0.2) is 0 Å². The number of hydrogen-bond donors (Lipinski definition) is 2. The monoisotopic (exact) mass is 279 g/mol. The Morgan fingerprint density at radius 2 is 2.10 bits per heavy atom. The highest BCUT2D eigenvalue weighted by molar-refractivity contribution is 5.77. The zero-order chi connectivity index (χ0) is 15.1. The van der Waals surface area contributed by atoms with Crippen molar-refractivity contribution in [1.29, 1.82) is 0 Å². The van der Waals surface area contributed by atoms with E-state index in [0.29, 0.717) is 17.4 Å². The van der Waals surface area contributed by atoms with E-state index in [0.717, 1.165) is 6.54 Å². The molecule has 0 aromatic heterocycles. The summed E-state index contributed by atoms with van der Waals surface area (Å²) in [6.07, 6.45) is 0. The number of hydrogen-bond acceptors (Lipinski definition) is 4. The highest BCUT2D eigenvalue weighted by Gasteiger charge is 2.17. The minimum absolute atomic E-state index is 0.000101. The summed E-state index contributed by atoms with van der Waals surface area (Å²) in [6, 6.07) is 7.17. The third-order valence-corrected chi connectivity index (χ3v) is 2.94. The zero-order valence-electron chi connectivity index (χ0n) is 12.7. The van der Waals surface area contributed by atoms with Gasteiger partial charge in [-0.3, -0.25) is 4.79 Å². The molecule has 0 saturated heterocycles. The largest absolute Gasteiger partial charge is 0.484 e. The number of anilines is 1. The predicted molar refractivity (Wildman–Crippen MR) is 81.7 cm³/mol. The van der Waals surface area contributed by atoms with Crippen LogP contribution >= 0.6 is 0 Å². The molecule has 112 valence electrons. The third kappa shape index (κ3) is 5.93. The number of benzene rings is 1. The molecule has 0 spiro atoms. The molecule has 0 radical (unpaired) electrons. The molecule has 1 rings (SSSR count). The van der Waals surface area contributed by atoms with Crippen molar-refractivity contribution in [2.75, 3.05) is 33.0 Å². The van der Waals surface area contributed by atoms with Crippen molar-refractivity contribution in [3.05, 3.63) is 24.3 Å². The van der Waals surface area contributed by atoms with Gasteiger partial charge in [0.1, 0.15) is 5.75 Å². The number of likely N-dealkylation sites (N-methyl/N-ethyl adjacent to an activating group) is 1. The second-order valence-corrected chi connectivity index (χ2v) is 5.54. The van der Waals surface area contributed by atoms with E-state index in [-0.39, 0.29) is 18.6 Å². The molecule has 1 aromatic rings. The molecule has 20 heavy (non-hydrogen) atoms. The smallest absolute Gasteiger partial charge is 0.258 e. The maximum atomic E-state index is 11.9. The van der Waals surface area contributed by atoms with Gasteiger partial charge in [0.05, 0.1) is 0 Å². The second-order valence-electron chi connectivity index (χ2n) is 5.54. The van der Waals surface area contributed by atoms with Gasteiger partial charge in [-0.05, 0) is 32.1 Å². The van der Waals surface area contributed by atoms with Crippen LogP contribution in [0.1, 0.15) is 13.8 Å². The molecule has 1 unspecified atom stereocenters. The molecule has 1 aromatic carbocycles. The lowest BCUT2D eigenvalue weighted by molar-refractivity contribution is -0.124. The Balaban J connectivity index is 2.45. The minimum Gasteiger partial charge on any atom is -0.484 e. The molecule has 0 saturated carbocycles. The van der Waals surface area contributed by atoms with Gasteiger partial charge in [-0.2, -0.15) is 0 Å². The van der Waals surface area contributed by atoms with E-state index in [1.54, 1.807) is 24.3 Å². The molecule has 1 amide bonds. The molecule has 5 nitrogen and oxygen atoms in total. The average Bonchev–Trinajstić information content (AvgIpc) is 2.35. The molecule has 1 atom stereocenters. The molecular weight excluding hydrogens is 254 g/mol. The van der Waals surface area contributed by atoms with E-state index in [9.17, 15) is 4.79 Å². The maximum Gasteiger partial charge on any atom is 0.258 e. The van der Waals surface area contributed by atoms with Gasteiger partial charge in [0.25, 0.3) is 5.91 Å². The van der Waals surface area contributed by atoms with Crippen molar-refractivity contribution in [3.63, 3.8) is 0 Å². The number of rotatable bonds is 7. The van der Waals surface area contributed by atoms with Gasteiger partial charge < -0.3 is 20.7 Å². The molecular formula is C15H25N3O2. The van der Waals surface area contributed by atoms with E-state index in [1.165, 1.54) is 0 Å². The summed E-state index contributed by atoms with van der Waals surface area (Å²) in [5, 5.41) is 3.00. The van der Waals surface area contributed by atoms with Crippen LogP contribution < -0.4 is 15.8 Å². The number of nitrogens with two attached hydrogens (primary N) is 1. The predicted octanol–water partition coefficient (Wildman–Crippen LogP) is 1.35. The lowest BCUT2D eigenvalue weighted by atomic mass is 10.0. The Hall–Kier alpha value is -1.75. The Kier molecular flexibility index (Phi) is 6.31. The number of nitrogen functional groups attached to an aromatic ring is 1. The van der Waals surface area contributed by atoms with Crippen molar-refractivity contribution in [2.45, 2.75) is 19.9 Å². The second kappa shape index (κ2) is 7.75. The molecule has 0 bridgehead atoms. The summed E-state index contributed by atoms with van der Waals surface area (Å²) >= 11 is 0. The number of ether oxygens (including phenoxy) is 1. The summed E-state index contributed by atoms with van der Waals surface area (Å²) in [4.78, 5) is 14.0. The summed E-state index contributed by atoms with van der Waals surface area (Å²) in [5.41, 5.74) is 6.28. The first-order valence-electron chi connectivity index (χ1n) is 6.81. The van der Waals surface area contributed by atoms with Crippen LogP contribution in [0.2, 0.25) is 0 Å². The molecule has 0 fully saturated rings. The fourth-order valence-corrected chi connectivity index (χ4v) is 1.82. The van der Waals surface area contributed by atoms with Crippen LogP contribution in [0.25, 0.3) is 0 Å². The molecule has 3 N–H and O–H groups in total. The standard InChI is InChI=1S/C15H25N3O2/c1-11(2)14(9-18(3)4)17-15(19)10-20-13-7-5-6-12(16)8-13/h5-8,11,14H,9-10,16H2,1-4H3,(H,17,19). The molecule has 0 aliphatic heterocycles. The van der Waals surface area contributed by atoms with Gasteiger partial charge in [-0.15, -0.1) is 0 Å². The van der Waals surface area contributed by atoms with Crippen LogP contribution in [0, 0.1) is 5.92 Å². The lowest BCUT2D eigenvalue weighted by Crippen LogP contribution is -2.46. The molecule has 0 aliphatic rings. The quantitative estimate of drug-likeness (QED) is 0.739. The Labute approximate surface area is 121 Å². The van der Waals surface area contributed by atoms with E-state index in [1.807, 2.05) is 14.1 Å². The van der Waals surface area contributed by atoms with E-state index in [4.69, 9.17) is 10.5 Å². The van der Waals surface area contributed by atoms with Crippen LogP contribution in [-0.2, 0) is 4.79 Å². The van der Waals surface area contributed by atoms with Gasteiger partial charge in [0, 0.05) is 24.3 Å². The Morgan fingerprint density at radius 1 is 1.40 bits per heavy atom. The van der Waals surface area contributed by atoms with Gasteiger partial charge in [0.15, 0.2) is 6.61 Å². The van der Waals surface area contributed by atoms with E-state index < -0.39 is 0 Å². The Morgan fingerprint density at radius 3 is 2.65 bits per heavy atom. The van der Waals surface area contributed by atoms with Crippen molar-refractivity contribution in [1.82, 2.24) is 10.2 Å². The van der Waals surface area contributed by atoms with E-state index in [2.05, 4.69) is 24.1 Å². The topological polar surface area (TPSA) is 67.6 Å². The average molecular weight is 279 g/mol. The van der Waals surface area contributed by atoms with Crippen molar-refractivity contribution in [2.24, 2.45) is 5.92 Å². The van der Waals surface area contributed by atoms with Crippen LogP contribution in [0.4, 0.5) is 5.69 Å². The molecule has 0 aliphatic carbocycles. The van der Waals surface area contributed by atoms with Gasteiger partial charge in [0.2, 0.25) is 0 Å². The normalized spacial score (nSPS) is 12.5. The first kappa shape index (κ1) is 16.3. The van der Waals surface area contributed by atoms with Crippen molar-refractivity contribution < 1.29 is 9.53 Å². The first-order chi connectivity index (χ1) is 9.38. The Bertz CT molecular complexity index is 433. The van der Waals surface area contributed by atoms with Crippen LogP contribution in [0.3, 0.4) is 0 Å². The number of amides is 1. The summed E-state index contributed by atoms with van der Waals surface area (Å²) in [6.45, 7) is 4.99. The third-order valence-electron chi connectivity index (χ3n) is 2.94. The number of carbonyl (C=O) groups excluding carboxylic acids is 1. The minimum atomic E-state index is -0.118. The molecule has 0 heterocycles.